The number of benzene rings is 2. The zero-order chi connectivity index (χ0) is 27.1. The van der Waals surface area contributed by atoms with Gasteiger partial charge in [-0.3, -0.25) is 4.79 Å². The summed E-state index contributed by atoms with van der Waals surface area (Å²) in [6, 6.07) is 7.45. The maximum absolute atomic E-state index is 14.3. The van der Waals surface area contributed by atoms with Gasteiger partial charge in [-0.1, -0.05) is 44.8 Å². The first-order valence-electron chi connectivity index (χ1n) is 10.2. The first-order valence-corrected chi connectivity index (χ1v) is 11.4. The Morgan fingerprint density at radius 3 is 2.44 bits per heavy atom. The maximum Gasteiger partial charge on any atom is 0.435 e. The van der Waals surface area contributed by atoms with Crippen LogP contribution >= 0.6 is 27.5 Å². The number of halogens is 8. The Labute approximate surface area is 215 Å². The second-order valence-corrected chi connectivity index (χ2v) is 9.40. The normalized spacial score (nSPS) is 18.8. The van der Waals surface area contributed by atoms with E-state index in [1.54, 1.807) is 6.92 Å². The second kappa shape index (κ2) is 9.94. The van der Waals surface area contributed by atoms with Gasteiger partial charge in [0.1, 0.15) is 6.54 Å². The molecule has 2 aromatic rings. The highest BCUT2D eigenvalue weighted by atomic mass is 79.9. The van der Waals surface area contributed by atoms with Crippen molar-refractivity contribution in [3.8, 4) is 6.07 Å². The smallest absolute Gasteiger partial charge is 0.374 e. The molecule has 1 amide bonds. The third kappa shape index (κ3) is 5.32. The predicted molar refractivity (Wildman–Crippen MR) is 122 cm³/mol. The molecule has 0 bridgehead atoms. The van der Waals surface area contributed by atoms with Crippen molar-refractivity contribution < 1.29 is 36.0 Å². The van der Waals surface area contributed by atoms with E-state index in [-0.39, 0.29) is 33.2 Å². The summed E-state index contributed by atoms with van der Waals surface area (Å²) in [4.78, 5) is 18.0. The van der Waals surface area contributed by atoms with E-state index in [0.717, 1.165) is 6.07 Å². The average Bonchev–Trinajstić information content (AvgIpc) is 3.23. The van der Waals surface area contributed by atoms with Gasteiger partial charge in [0.15, 0.2) is 0 Å². The van der Waals surface area contributed by atoms with Crippen molar-refractivity contribution in [1.29, 1.82) is 5.26 Å². The zero-order valence-electron chi connectivity index (χ0n) is 18.6. The molecule has 13 heteroatoms. The van der Waals surface area contributed by atoms with Crippen LogP contribution in [0.3, 0.4) is 0 Å². The van der Waals surface area contributed by atoms with E-state index in [1.807, 2.05) is 6.07 Å². The molecule has 5 nitrogen and oxygen atoms in total. The van der Waals surface area contributed by atoms with E-state index < -0.39 is 41.5 Å². The molecular weight excluding hydrogens is 580 g/mol. The Balaban J connectivity index is 1.99. The first kappa shape index (κ1) is 27.8. The fourth-order valence-corrected chi connectivity index (χ4v) is 4.69. The van der Waals surface area contributed by atoms with E-state index in [9.17, 15) is 31.1 Å². The number of carbonyl (C=O) groups excluding carboxylic acids is 1. The van der Waals surface area contributed by atoms with Crippen molar-refractivity contribution in [2.45, 2.75) is 44.3 Å². The van der Waals surface area contributed by atoms with Crippen LogP contribution in [0.15, 0.2) is 46.0 Å². The van der Waals surface area contributed by atoms with Gasteiger partial charge in [0, 0.05) is 34.0 Å². The van der Waals surface area contributed by atoms with E-state index >= 15 is 0 Å². The van der Waals surface area contributed by atoms with Gasteiger partial charge in [-0.25, -0.2) is 0 Å². The molecule has 36 heavy (non-hydrogen) atoms. The summed E-state index contributed by atoms with van der Waals surface area (Å²) in [5.41, 5.74) is -4.77. The molecule has 0 spiro atoms. The van der Waals surface area contributed by atoms with Crippen LogP contribution in [0.25, 0.3) is 0 Å². The Morgan fingerprint density at radius 1 is 1.25 bits per heavy atom. The van der Waals surface area contributed by atoms with Gasteiger partial charge in [-0.2, -0.15) is 31.6 Å². The molecule has 0 saturated carbocycles. The third-order valence-electron chi connectivity index (χ3n) is 5.77. The molecule has 0 aromatic heterocycles. The molecule has 192 valence electrons. The molecule has 2 atom stereocenters. The van der Waals surface area contributed by atoms with Gasteiger partial charge in [0.2, 0.25) is 5.91 Å². The number of nitriles is 1. The highest BCUT2D eigenvalue weighted by Gasteiger charge is 2.62. The molecular formula is C23H17BrClF6N3O2. The molecule has 0 saturated heterocycles. The van der Waals surface area contributed by atoms with E-state index in [4.69, 9.17) is 21.7 Å². The van der Waals surface area contributed by atoms with Crippen LogP contribution in [0.2, 0.25) is 5.02 Å². The molecule has 2 unspecified atom stereocenters. The summed E-state index contributed by atoms with van der Waals surface area (Å²) in [5, 5.41) is 12.6. The van der Waals surface area contributed by atoms with E-state index in [2.05, 4.69) is 21.1 Å². The molecule has 3 rings (SSSR count). The van der Waals surface area contributed by atoms with Crippen molar-refractivity contribution in [3.05, 3.63) is 68.1 Å². The lowest BCUT2D eigenvalue weighted by molar-refractivity contribution is -0.276. The molecule has 0 aliphatic carbocycles. The number of hydrogen-bond acceptors (Lipinski definition) is 4. The lowest BCUT2D eigenvalue weighted by Crippen LogP contribution is -2.43. The van der Waals surface area contributed by atoms with Crippen molar-refractivity contribution in [2.24, 2.45) is 5.16 Å². The average molecular weight is 597 g/mol. The molecule has 1 heterocycles. The summed E-state index contributed by atoms with van der Waals surface area (Å²) in [5.74, 6) is -0.375. The molecule has 1 aliphatic rings. The lowest BCUT2D eigenvalue weighted by atomic mass is 9.85. The van der Waals surface area contributed by atoms with Crippen LogP contribution in [0.4, 0.5) is 26.3 Å². The van der Waals surface area contributed by atoms with Crippen LogP contribution in [0.1, 0.15) is 48.6 Å². The van der Waals surface area contributed by atoms with Crippen molar-refractivity contribution in [3.63, 3.8) is 0 Å². The molecule has 0 N–H and O–H groups in total. The topological polar surface area (TPSA) is 65.7 Å². The van der Waals surface area contributed by atoms with Crippen molar-refractivity contribution in [1.82, 2.24) is 4.90 Å². The van der Waals surface area contributed by atoms with E-state index in [0.29, 0.717) is 17.7 Å². The second-order valence-electron chi connectivity index (χ2n) is 8.07. The Morgan fingerprint density at radius 2 is 1.92 bits per heavy atom. The fraction of sp³-hybridized carbons (Fsp3) is 0.348. The minimum atomic E-state index is -5.11. The minimum Gasteiger partial charge on any atom is -0.374 e. The number of rotatable bonds is 5. The van der Waals surface area contributed by atoms with Crippen LogP contribution in [0, 0.1) is 11.3 Å². The SMILES string of the molecule is CC(=O)N(CC#N)C(C)c1ccc(C2=NOC(c3cc(Br)cc(C(F)(F)F)c3)(C(F)(F)F)C2)cc1Cl. The largest absolute Gasteiger partial charge is 0.435 e. The number of amides is 1. The number of carbonyl (C=O) groups is 1. The zero-order valence-corrected chi connectivity index (χ0v) is 21.0. The van der Waals surface area contributed by atoms with Crippen LogP contribution in [-0.4, -0.2) is 29.2 Å². The summed E-state index contributed by atoms with van der Waals surface area (Å²) >= 11 is 9.19. The molecule has 1 aliphatic heterocycles. The quantitative estimate of drug-likeness (QED) is 0.272. The van der Waals surface area contributed by atoms with Crippen molar-refractivity contribution in [2.75, 3.05) is 6.54 Å². The number of alkyl halides is 6. The number of oxime groups is 1. The molecule has 0 fully saturated rings. The van der Waals surface area contributed by atoms with Gasteiger partial charge >= 0.3 is 12.4 Å². The molecule has 2 aromatic carbocycles. The van der Waals surface area contributed by atoms with Gasteiger partial charge in [0.25, 0.3) is 5.60 Å². The van der Waals surface area contributed by atoms with Crippen LogP contribution < -0.4 is 0 Å². The standard InChI is InChI=1S/C23H17BrClF6N3O2/c1-12(34(6-5-32)13(2)35)18-4-3-14(7-19(18)25)20-11-21(36-33-20,23(29,30)31)15-8-16(22(26,27)28)10-17(24)9-15/h3-4,7-10,12H,6,11H2,1-2H3. The summed E-state index contributed by atoms with van der Waals surface area (Å²) in [6.45, 7) is 2.72. The maximum atomic E-state index is 14.3. The highest BCUT2D eigenvalue weighted by molar-refractivity contribution is 9.10. The Hall–Kier alpha value is -2.78. The van der Waals surface area contributed by atoms with Crippen LogP contribution in [0.5, 0.6) is 0 Å². The monoisotopic (exact) mass is 595 g/mol. The van der Waals surface area contributed by atoms with Gasteiger partial charge in [0.05, 0.1) is 23.4 Å². The molecule has 0 radical (unpaired) electrons. The first-order chi connectivity index (χ1) is 16.6. The van der Waals surface area contributed by atoms with Crippen molar-refractivity contribution >= 4 is 39.1 Å². The van der Waals surface area contributed by atoms with E-state index in [1.165, 1.54) is 30.0 Å². The highest BCUT2D eigenvalue weighted by Crippen LogP contribution is 2.50. The Kier molecular flexibility index (Phi) is 7.67. The lowest BCUT2D eigenvalue weighted by Gasteiger charge is -2.30. The van der Waals surface area contributed by atoms with Gasteiger partial charge < -0.3 is 9.74 Å². The minimum absolute atomic E-state index is 0.0956. The van der Waals surface area contributed by atoms with Gasteiger partial charge in [-0.15, -0.1) is 0 Å². The van der Waals surface area contributed by atoms with Gasteiger partial charge in [-0.05, 0) is 36.8 Å². The van der Waals surface area contributed by atoms with Crippen LogP contribution in [-0.2, 0) is 21.4 Å². The third-order valence-corrected chi connectivity index (χ3v) is 6.56. The summed E-state index contributed by atoms with van der Waals surface area (Å²) in [6.07, 6.45) is -10.9. The summed E-state index contributed by atoms with van der Waals surface area (Å²) < 4.78 is 82.4. The Bertz CT molecular complexity index is 1260. The summed E-state index contributed by atoms with van der Waals surface area (Å²) in [7, 11) is 0. The predicted octanol–water partition coefficient (Wildman–Crippen LogP) is 7.14. The number of hydrogen-bond donors (Lipinski definition) is 0. The number of nitrogens with zero attached hydrogens (tertiary/aromatic N) is 3. The fourth-order valence-electron chi connectivity index (χ4n) is 3.86.